The largest absolute Gasteiger partial charge is 0.457 e. The van der Waals surface area contributed by atoms with Crippen molar-refractivity contribution in [2.45, 2.75) is 26.4 Å². The van der Waals surface area contributed by atoms with Gasteiger partial charge in [-0.25, -0.2) is 0 Å². The van der Waals surface area contributed by atoms with E-state index in [1.165, 1.54) is 5.56 Å². The average Bonchev–Trinajstić information content (AvgIpc) is 2.39. The Hall–Kier alpha value is -1.32. The Kier molecular flexibility index (Phi) is 4.61. The number of aliphatic hydroxyl groups excluding tert-OH is 1. The Balaban J connectivity index is 2.28. The monoisotopic (exact) mass is 320 g/mol. The molecule has 2 aromatic rings. The van der Waals surface area contributed by atoms with Crippen LogP contribution in [0.3, 0.4) is 0 Å². The van der Waals surface area contributed by atoms with Gasteiger partial charge < -0.3 is 9.84 Å². The molecule has 1 N–H and O–H groups in total. The molecule has 100 valence electrons. The summed E-state index contributed by atoms with van der Waals surface area (Å²) in [7, 11) is 0. The highest BCUT2D eigenvalue weighted by Gasteiger charge is 2.10. The number of rotatable bonds is 4. The first-order chi connectivity index (χ1) is 9.10. The maximum atomic E-state index is 9.76. The van der Waals surface area contributed by atoms with Gasteiger partial charge in [-0.15, -0.1) is 0 Å². The van der Waals surface area contributed by atoms with E-state index in [0.717, 1.165) is 22.2 Å². The van der Waals surface area contributed by atoms with E-state index in [9.17, 15) is 5.11 Å². The van der Waals surface area contributed by atoms with Crippen LogP contribution in [0.2, 0.25) is 0 Å². The maximum absolute atomic E-state index is 9.76. The Morgan fingerprint density at radius 3 is 2.42 bits per heavy atom. The first-order valence-electron chi connectivity index (χ1n) is 6.34. The van der Waals surface area contributed by atoms with Gasteiger partial charge >= 0.3 is 0 Å². The lowest BCUT2D eigenvalue weighted by atomic mass is 10.1. The summed E-state index contributed by atoms with van der Waals surface area (Å²) in [6.07, 6.45) is 0.453. The van der Waals surface area contributed by atoms with E-state index in [4.69, 9.17) is 4.74 Å². The summed E-state index contributed by atoms with van der Waals surface area (Å²) >= 11 is 3.42. The van der Waals surface area contributed by atoms with Gasteiger partial charge in [-0.3, -0.25) is 0 Å². The Morgan fingerprint density at radius 2 is 1.84 bits per heavy atom. The van der Waals surface area contributed by atoms with Crippen LogP contribution in [0.15, 0.2) is 46.9 Å². The minimum atomic E-state index is -0.557. The smallest absolute Gasteiger partial charge is 0.134 e. The molecule has 2 rings (SSSR count). The average molecular weight is 321 g/mol. The fourth-order valence-electron chi connectivity index (χ4n) is 1.86. The van der Waals surface area contributed by atoms with Gasteiger partial charge in [0, 0.05) is 10.0 Å². The zero-order valence-corrected chi connectivity index (χ0v) is 12.6. The molecule has 0 fully saturated rings. The molecule has 1 unspecified atom stereocenters. The van der Waals surface area contributed by atoms with E-state index in [0.29, 0.717) is 5.75 Å². The lowest BCUT2D eigenvalue weighted by Gasteiger charge is -2.13. The molecule has 0 aromatic heterocycles. The second-order valence-corrected chi connectivity index (χ2v) is 5.37. The van der Waals surface area contributed by atoms with Crippen LogP contribution in [0.1, 0.15) is 31.1 Å². The van der Waals surface area contributed by atoms with E-state index in [2.05, 4.69) is 35.0 Å². The summed E-state index contributed by atoms with van der Waals surface area (Å²) in [5.41, 5.74) is 2.06. The van der Waals surface area contributed by atoms with Gasteiger partial charge in [0.25, 0.3) is 0 Å². The SMILES string of the molecule is CCc1ccc(Oc2cc(Br)ccc2C(C)O)cc1. The third-order valence-electron chi connectivity index (χ3n) is 2.99. The van der Waals surface area contributed by atoms with Crippen molar-refractivity contribution in [1.29, 1.82) is 0 Å². The predicted molar refractivity (Wildman–Crippen MR) is 80.7 cm³/mol. The first-order valence-corrected chi connectivity index (χ1v) is 7.13. The minimum absolute atomic E-state index is 0.557. The molecule has 0 saturated carbocycles. The molecule has 0 heterocycles. The summed E-state index contributed by atoms with van der Waals surface area (Å²) in [6.45, 7) is 3.85. The number of aliphatic hydroxyl groups is 1. The Labute approximate surface area is 122 Å². The van der Waals surface area contributed by atoms with Gasteiger partial charge in [-0.1, -0.05) is 41.1 Å². The van der Waals surface area contributed by atoms with Crippen LogP contribution < -0.4 is 4.74 Å². The van der Waals surface area contributed by atoms with Crippen molar-refractivity contribution in [1.82, 2.24) is 0 Å². The third-order valence-corrected chi connectivity index (χ3v) is 3.48. The van der Waals surface area contributed by atoms with Gasteiger partial charge in [-0.2, -0.15) is 0 Å². The van der Waals surface area contributed by atoms with E-state index < -0.39 is 6.10 Å². The van der Waals surface area contributed by atoms with E-state index >= 15 is 0 Å². The van der Waals surface area contributed by atoms with Crippen molar-refractivity contribution in [3.63, 3.8) is 0 Å². The number of hydrogen-bond donors (Lipinski definition) is 1. The molecule has 0 aliphatic heterocycles. The van der Waals surface area contributed by atoms with Crippen LogP contribution in [0.4, 0.5) is 0 Å². The lowest BCUT2D eigenvalue weighted by molar-refractivity contribution is 0.195. The fourth-order valence-corrected chi connectivity index (χ4v) is 2.20. The summed E-state index contributed by atoms with van der Waals surface area (Å²) in [5.74, 6) is 1.45. The molecule has 1 atom stereocenters. The standard InChI is InChI=1S/C16H17BrO2/c1-3-12-4-7-14(8-5-12)19-16-10-13(17)6-9-15(16)11(2)18/h4-11,18H,3H2,1-2H3. The molecule has 0 saturated heterocycles. The number of ether oxygens (including phenoxy) is 1. The first kappa shape index (κ1) is 14.1. The van der Waals surface area contributed by atoms with Gasteiger partial charge in [0.1, 0.15) is 11.5 Å². The van der Waals surface area contributed by atoms with Gasteiger partial charge in [0.2, 0.25) is 0 Å². The molecule has 19 heavy (non-hydrogen) atoms. The van der Waals surface area contributed by atoms with E-state index in [-0.39, 0.29) is 0 Å². The molecule has 0 radical (unpaired) electrons. The van der Waals surface area contributed by atoms with Crippen LogP contribution >= 0.6 is 15.9 Å². The lowest BCUT2D eigenvalue weighted by Crippen LogP contribution is -1.96. The van der Waals surface area contributed by atoms with E-state index in [1.807, 2.05) is 30.3 Å². The molecule has 0 bridgehead atoms. The summed E-state index contributed by atoms with van der Waals surface area (Å²) in [4.78, 5) is 0. The quantitative estimate of drug-likeness (QED) is 0.871. The van der Waals surface area contributed by atoms with Crippen LogP contribution in [-0.4, -0.2) is 5.11 Å². The predicted octanol–water partition coefficient (Wildman–Crippen LogP) is 4.86. The molecule has 3 heteroatoms. The van der Waals surface area contributed by atoms with Crippen LogP contribution in [0, 0.1) is 0 Å². The molecule has 0 spiro atoms. The summed E-state index contributed by atoms with van der Waals surface area (Å²) in [5, 5.41) is 9.76. The third kappa shape index (κ3) is 3.58. The molecule has 0 amide bonds. The van der Waals surface area contributed by atoms with E-state index in [1.54, 1.807) is 6.92 Å². The molecule has 0 aliphatic carbocycles. The second-order valence-electron chi connectivity index (χ2n) is 4.46. The minimum Gasteiger partial charge on any atom is -0.457 e. The summed E-state index contributed by atoms with van der Waals surface area (Å²) < 4.78 is 6.79. The fraction of sp³-hybridized carbons (Fsp3) is 0.250. The van der Waals surface area contributed by atoms with Crippen molar-refractivity contribution < 1.29 is 9.84 Å². The van der Waals surface area contributed by atoms with Gasteiger partial charge in [-0.05, 0) is 43.2 Å². The van der Waals surface area contributed by atoms with Crippen LogP contribution in [-0.2, 0) is 6.42 Å². The molecular weight excluding hydrogens is 304 g/mol. The molecule has 2 aromatic carbocycles. The number of aryl methyl sites for hydroxylation is 1. The molecular formula is C16H17BrO2. The highest BCUT2D eigenvalue weighted by molar-refractivity contribution is 9.10. The highest BCUT2D eigenvalue weighted by Crippen LogP contribution is 2.32. The molecule has 2 nitrogen and oxygen atoms in total. The zero-order valence-electron chi connectivity index (χ0n) is 11.1. The van der Waals surface area contributed by atoms with Crippen molar-refractivity contribution in [2.75, 3.05) is 0 Å². The van der Waals surface area contributed by atoms with Crippen molar-refractivity contribution in [3.8, 4) is 11.5 Å². The Morgan fingerprint density at radius 1 is 1.16 bits per heavy atom. The summed E-state index contributed by atoms with van der Waals surface area (Å²) in [6, 6.07) is 13.6. The van der Waals surface area contributed by atoms with Crippen molar-refractivity contribution >= 4 is 15.9 Å². The number of hydrogen-bond acceptors (Lipinski definition) is 2. The maximum Gasteiger partial charge on any atom is 0.134 e. The normalized spacial score (nSPS) is 12.2. The second kappa shape index (κ2) is 6.22. The van der Waals surface area contributed by atoms with Crippen LogP contribution in [0.25, 0.3) is 0 Å². The number of halogens is 1. The highest BCUT2D eigenvalue weighted by atomic mass is 79.9. The molecule has 0 aliphatic rings. The van der Waals surface area contributed by atoms with Gasteiger partial charge in [0.15, 0.2) is 0 Å². The van der Waals surface area contributed by atoms with Gasteiger partial charge in [0.05, 0.1) is 6.10 Å². The zero-order chi connectivity index (χ0) is 13.8. The van der Waals surface area contributed by atoms with Crippen LogP contribution in [0.5, 0.6) is 11.5 Å². The topological polar surface area (TPSA) is 29.5 Å². The Bertz CT molecular complexity index is 547. The van der Waals surface area contributed by atoms with Crippen molar-refractivity contribution in [2.24, 2.45) is 0 Å². The van der Waals surface area contributed by atoms with Crippen molar-refractivity contribution in [3.05, 3.63) is 58.1 Å². The number of benzene rings is 2.